The highest BCUT2D eigenvalue weighted by Gasteiger charge is 2.52. The predicted molar refractivity (Wildman–Crippen MR) is 86.9 cm³/mol. The van der Waals surface area contributed by atoms with Crippen LogP contribution in [0.2, 0.25) is 0 Å². The molecule has 1 fully saturated rings. The van der Waals surface area contributed by atoms with Gasteiger partial charge in [0, 0.05) is 23.9 Å². The maximum atomic E-state index is 13.0. The van der Waals surface area contributed by atoms with Crippen molar-refractivity contribution in [1.29, 1.82) is 0 Å². The van der Waals surface area contributed by atoms with Gasteiger partial charge in [-0.25, -0.2) is 0 Å². The first-order chi connectivity index (χ1) is 11.3. The molecule has 7 nitrogen and oxygen atoms in total. The lowest BCUT2D eigenvalue weighted by Gasteiger charge is -2.36. The van der Waals surface area contributed by atoms with E-state index in [2.05, 4.69) is 5.32 Å². The van der Waals surface area contributed by atoms with Crippen LogP contribution in [-0.2, 0) is 4.79 Å². The summed E-state index contributed by atoms with van der Waals surface area (Å²) in [6, 6.07) is 5.04. The van der Waals surface area contributed by atoms with Crippen LogP contribution < -0.4 is 10.1 Å². The number of benzene rings is 1. The van der Waals surface area contributed by atoms with Crippen LogP contribution in [0.3, 0.4) is 0 Å². The number of aliphatic hydroxyl groups is 2. The van der Waals surface area contributed by atoms with Crippen LogP contribution in [0.15, 0.2) is 18.2 Å². The number of carbonyl (C=O) groups is 2. The molecule has 1 aromatic carbocycles. The summed E-state index contributed by atoms with van der Waals surface area (Å²) < 4.78 is 5.35. The van der Waals surface area contributed by atoms with Gasteiger partial charge in [-0.05, 0) is 12.1 Å². The first kappa shape index (κ1) is 16.7. The fourth-order valence-electron chi connectivity index (χ4n) is 3.35. The van der Waals surface area contributed by atoms with E-state index in [0.717, 1.165) is 0 Å². The van der Waals surface area contributed by atoms with E-state index in [1.807, 2.05) is 13.8 Å². The van der Waals surface area contributed by atoms with Crippen molar-refractivity contribution < 1.29 is 24.5 Å². The Bertz CT molecular complexity index is 674. The number of anilines is 1. The van der Waals surface area contributed by atoms with Crippen LogP contribution in [0.4, 0.5) is 5.69 Å². The maximum absolute atomic E-state index is 13.0. The fraction of sp³-hybridized carbons (Fsp3) is 0.529. The second-order valence-electron chi connectivity index (χ2n) is 7.11. The molecule has 2 amide bonds. The Kier molecular flexibility index (Phi) is 4.01. The molecule has 0 unspecified atom stereocenters. The molecule has 3 rings (SSSR count). The highest BCUT2D eigenvalue weighted by molar-refractivity contribution is 6.06. The first-order valence-corrected chi connectivity index (χ1v) is 7.90. The molecular formula is C17H22N2O5. The summed E-state index contributed by atoms with van der Waals surface area (Å²) in [5, 5.41) is 22.2. The molecule has 0 aliphatic carbocycles. The Hall–Kier alpha value is -2.12. The molecule has 3 N–H and O–H groups in total. The highest BCUT2D eigenvalue weighted by Crippen LogP contribution is 2.46. The Labute approximate surface area is 140 Å². The molecule has 1 saturated heterocycles. The van der Waals surface area contributed by atoms with Gasteiger partial charge < -0.3 is 25.2 Å². The summed E-state index contributed by atoms with van der Waals surface area (Å²) in [6.45, 7) is 4.07. The third-order valence-corrected chi connectivity index (χ3v) is 5.40. The average Bonchev–Trinajstić information content (AvgIpc) is 2.86. The Balaban J connectivity index is 1.93. The number of ether oxygens (including phenoxy) is 1. The number of nitrogens with one attached hydrogen (secondary N) is 1. The van der Waals surface area contributed by atoms with E-state index < -0.39 is 10.8 Å². The highest BCUT2D eigenvalue weighted by atomic mass is 16.5. The zero-order valence-corrected chi connectivity index (χ0v) is 13.8. The van der Waals surface area contributed by atoms with Crippen molar-refractivity contribution in [2.24, 2.45) is 10.8 Å². The Morgan fingerprint density at radius 2 is 1.88 bits per heavy atom. The van der Waals surface area contributed by atoms with Gasteiger partial charge >= 0.3 is 0 Å². The quantitative estimate of drug-likeness (QED) is 0.746. The topological polar surface area (TPSA) is 99.1 Å². The number of hydrogen-bond donors (Lipinski definition) is 3. The lowest BCUT2D eigenvalue weighted by atomic mass is 9.69. The molecule has 24 heavy (non-hydrogen) atoms. The third-order valence-electron chi connectivity index (χ3n) is 5.40. The molecule has 2 aliphatic heterocycles. The van der Waals surface area contributed by atoms with Crippen molar-refractivity contribution in [3.8, 4) is 5.75 Å². The van der Waals surface area contributed by atoms with Crippen molar-refractivity contribution in [2.75, 3.05) is 38.2 Å². The van der Waals surface area contributed by atoms with Crippen LogP contribution in [0.25, 0.3) is 0 Å². The van der Waals surface area contributed by atoms with Gasteiger partial charge in [0.15, 0.2) is 6.61 Å². The fourth-order valence-corrected chi connectivity index (χ4v) is 3.35. The number of aliphatic hydroxyl groups excluding tert-OH is 2. The van der Waals surface area contributed by atoms with Gasteiger partial charge in [0.25, 0.3) is 11.8 Å². The molecule has 0 saturated carbocycles. The van der Waals surface area contributed by atoms with Crippen molar-refractivity contribution in [1.82, 2.24) is 4.90 Å². The van der Waals surface area contributed by atoms with Gasteiger partial charge in [0.1, 0.15) is 5.75 Å². The van der Waals surface area contributed by atoms with Gasteiger partial charge in [-0.2, -0.15) is 0 Å². The van der Waals surface area contributed by atoms with E-state index in [0.29, 0.717) is 30.1 Å². The maximum Gasteiger partial charge on any atom is 0.262 e. The average molecular weight is 334 g/mol. The number of para-hydroxylation sites is 1. The minimum absolute atomic E-state index is 0.0699. The number of nitrogens with zero attached hydrogens (tertiary/aromatic N) is 1. The second kappa shape index (κ2) is 5.75. The number of carbonyl (C=O) groups excluding carboxylic acids is 2. The number of hydrogen-bond acceptors (Lipinski definition) is 5. The van der Waals surface area contributed by atoms with Gasteiger partial charge in [-0.1, -0.05) is 19.9 Å². The molecule has 2 heterocycles. The molecular weight excluding hydrogens is 312 g/mol. The number of rotatable bonds is 3. The zero-order valence-electron chi connectivity index (χ0n) is 13.8. The van der Waals surface area contributed by atoms with E-state index in [4.69, 9.17) is 4.74 Å². The molecule has 0 aromatic heterocycles. The first-order valence-electron chi connectivity index (χ1n) is 7.90. The molecule has 1 aromatic rings. The molecule has 0 bridgehead atoms. The predicted octanol–water partition coefficient (Wildman–Crippen LogP) is 0.471. The van der Waals surface area contributed by atoms with Crippen LogP contribution >= 0.6 is 0 Å². The van der Waals surface area contributed by atoms with E-state index in [1.165, 1.54) is 0 Å². The third kappa shape index (κ3) is 2.44. The molecule has 2 aliphatic rings. The summed E-state index contributed by atoms with van der Waals surface area (Å²) in [6.07, 6.45) is 0. The summed E-state index contributed by atoms with van der Waals surface area (Å²) in [7, 11) is 0. The molecule has 7 heteroatoms. The van der Waals surface area contributed by atoms with Crippen molar-refractivity contribution in [3.05, 3.63) is 23.8 Å². The number of amides is 2. The van der Waals surface area contributed by atoms with Crippen molar-refractivity contribution in [3.63, 3.8) is 0 Å². The van der Waals surface area contributed by atoms with Crippen LogP contribution in [0.1, 0.15) is 24.2 Å². The standard InChI is InChI=1S/C17H22N2O5/c1-16(9-20)7-19(8-17(16,2)10-21)15(23)11-4-3-5-12-14(11)18-13(22)6-24-12/h3-5,20-21H,6-10H2,1-2H3,(H,18,22)/t16-,17+. The summed E-state index contributed by atoms with van der Waals surface area (Å²) in [5.74, 6) is -0.0893. The summed E-state index contributed by atoms with van der Waals surface area (Å²) >= 11 is 0. The van der Waals surface area contributed by atoms with Crippen molar-refractivity contribution >= 4 is 17.5 Å². The number of likely N-dealkylation sites (tertiary alicyclic amines) is 1. The zero-order chi connectivity index (χ0) is 17.5. The SMILES string of the molecule is C[C@]1(CO)CN(C(=O)c2cccc3c2NC(=O)CO3)C[C@@]1(C)CO. The second-order valence-corrected chi connectivity index (χ2v) is 7.11. The minimum atomic E-state index is -0.591. The summed E-state index contributed by atoms with van der Waals surface area (Å²) in [4.78, 5) is 26.2. The van der Waals surface area contributed by atoms with Crippen LogP contribution in [0.5, 0.6) is 5.75 Å². The van der Waals surface area contributed by atoms with Crippen LogP contribution in [0, 0.1) is 10.8 Å². The van der Waals surface area contributed by atoms with Gasteiger partial charge in [-0.3, -0.25) is 9.59 Å². The molecule has 130 valence electrons. The minimum Gasteiger partial charge on any atom is -0.482 e. The lowest BCUT2D eigenvalue weighted by molar-refractivity contribution is -0.118. The Morgan fingerprint density at radius 3 is 2.46 bits per heavy atom. The van der Waals surface area contributed by atoms with Gasteiger partial charge in [0.2, 0.25) is 0 Å². The normalized spacial score (nSPS) is 29.0. The number of fused-ring (bicyclic) bond motifs is 1. The summed E-state index contributed by atoms with van der Waals surface area (Å²) in [5.41, 5.74) is -0.456. The largest absolute Gasteiger partial charge is 0.482 e. The van der Waals surface area contributed by atoms with Gasteiger partial charge in [0.05, 0.1) is 24.5 Å². The van der Waals surface area contributed by atoms with Crippen molar-refractivity contribution in [2.45, 2.75) is 13.8 Å². The van der Waals surface area contributed by atoms with E-state index in [-0.39, 0.29) is 31.6 Å². The molecule has 0 radical (unpaired) electrons. The lowest BCUT2D eigenvalue weighted by Crippen LogP contribution is -2.41. The Morgan fingerprint density at radius 1 is 1.25 bits per heavy atom. The molecule has 0 spiro atoms. The van der Waals surface area contributed by atoms with E-state index in [9.17, 15) is 19.8 Å². The smallest absolute Gasteiger partial charge is 0.262 e. The van der Waals surface area contributed by atoms with E-state index >= 15 is 0 Å². The van der Waals surface area contributed by atoms with Crippen LogP contribution in [-0.4, -0.2) is 59.8 Å². The van der Waals surface area contributed by atoms with Gasteiger partial charge in [-0.15, -0.1) is 0 Å². The monoisotopic (exact) mass is 334 g/mol. The molecule has 2 atom stereocenters. The van der Waals surface area contributed by atoms with E-state index in [1.54, 1.807) is 23.1 Å².